The maximum absolute atomic E-state index is 12.1. The van der Waals surface area contributed by atoms with Gasteiger partial charge in [0.1, 0.15) is 5.60 Å². The molecule has 6 nitrogen and oxygen atoms in total. The predicted molar refractivity (Wildman–Crippen MR) is 103 cm³/mol. The summed E-state index contributed by atoms with van der Waals surface area (Å²) < 4.78 is 5.38. The van der Waals surface area contributed by atoms with E-state index in [1.165, 1.54) is 0 Å². The second-order valence-electron chi connectivity index (χ2n) is 7.22. The molecular formula is C18H25Cl2N3O3. The third-order valence-corrected chi connectivity index (χ3v) is 4.30. The van der Waals surface area contributed by atoms with E-state index in [1.54, 1.807) is 23.1 Å². The van der Waals surface area contributed by atoms with Gasteiger partial charge in [-0.25, -0.2) is 4.79 Å². The molecule has 0 bridgehead atoms. The van der Waals surface area contributed by atoms with Gasteiger partial charge in [0.05, 0.1) is 0 Å². The first kappa shape index (κ1) is 20.8. The molecule has 2 amide bonds. The Hall–Kier alpha value is -1.50. The Labute approximate surface area is 164 Å². The lowest BCUT2D eigenvalue weighted by Crippen LogP contribution is -2.51. The summed E-state index contributed by atoms with van der Waals surface area (Å²) in [6, 6.07) is 4.76. The van der Waals surface area contributed by atoms with Crippen molar-refractivity contribution in [3.8, 4) is 0 Å². The summed E-state index contributed by atoms with van der Waals surface area (Å²) in [5.74, 6) is -0.207. The number of hydrogen-bond donors (Lipinski definition) is 1. The SMILES string of the molecule is CC(C)(C)OC(=O)N1CCN(CCNC(=O)c2cc(Cl)cc(Cl)c2)CC1. The van der Waals surface area contributed by atoms with Gasteiger partial charge in [-0.1, -0.05) is 23.2 Å². The van der Waals surface area contributed by atoms with Crippen LogP contribution in [0.5, 0.6) is 0 Å². The summed E-state index contributed by atoms with van der Waals surface area (Å²) in [5, 5.41) is 3.73. The lowest BCUT2D eigenvalue weighted by molar-refractivity contribution is 0.0147. The van der Waals surface area contributed by atoms with Crippen molar-refractivity contribution in [2.24, 2.45) is 0 Å². The van der Waals surface area contributed by atoms with E-state index in [9.17, 15) is 9.59 Å². The number of benzene rings is 1. The summed E-state index contributed by atoms with van der Waals surface area (Å²) in [6.07, 6.45) is -0.275. The van der Waals surface area contributed by atoms with Crippen LogP contribution in [0.4, 0.5) is 4.79 Å². The smallest absolute Gasteiger partial charge is 0.410 e. The van der Waals surface area contributed by atoms with Crippen LogP contribution in [-0.4, -0.2) is 66.7 Å². The van der Waals surface area contributed by atoms with Crippen LogP contribution >= 0.6 is 23.2 Å². The molecular weight excluding hydrogens is 377 g/mol. The first-order valence-electron chi connectivity index (χ1n) is 8.58. The molecule has 1 aromatic rings. The van der Waals surface area contributed by atoms with Gasteiger partial charge in [-0.2, -0.15) is 0 Å². The summed E-state index contributed by atoms with van der Waals surface area (Å²) in [4.78, 5) is 28.1. The van der Waals surface area contributed by atoms with Crippen molar-refractivity contribution < 1.29 is 14.3 Å². The topological polar surface area (TPSA) is 61.9 Å². The zero-order chi connectivity index (χ0) is 19.3. The Kier molecular flexibility index (Phi) is 7.15. The molecule has 1 fully saturated rings. The van der Waals surface area contributed by atoms with Gasteiger partial charge >= 0.3 is 6.09 Å². The number of carbonyl (C=O) groups is 2. The van der Waals surface area contributed by atoms with Gasteiger partial charge in [-0.05, 0) is 39.0 Å². The van der Waals surface area contributed by atoms with Gasteiger partial charge < -0.3 is 15.0 Å². The minimum absolute atomic E-state index is 0.207. The minimum atomic E-state index is -0.484. The highest BCUT2D eigenvalue weighted by Gasteiger charge is 2.25. The molecule has 0 aliphatic carbocycles. The van der Waals surface area contributed by atoms with Crippen LogP contribution in [-0.2, 0) is 4.74 Å². The fraction of sp³-hybridized carbons (Fsp3) is 0.556. The molecule has 1 aliphatic rings. The third-order valence-electron chi connectivity index (χ3n) is 3.86. The molecule has 1 N–H and O–H groups in total. The Morgan fingerprint density at radius 2 is 1.65 bits per heavy atom. The lowest BCUT2D eigenvalue weighted by Gasteiger charge is -2.35. The van der Waals surface area contributed by atoms with Crippen LogP contribution in [0.3, 0.4) is 0 Å². The number of piperazine rings is 1. The van der Waals surface area contributed by atoms with Crippen molar-refractivity contribution in [2.45, 2.75) is 26.4 Å². The number of nitrogens with zero attached hydrogens (tertiary/aromatic N) is 2. The summed E-state index contributed by atoms with van der Waals surface area (Å²) in [7, 11) is 0. The highest BCUT2D eigenvalue weighted by atomic mass is 35.5. The van der Waals surface area contributed by atoms with Crippen LogP contribution < -0.4 is 5.32 Å². The molecule has 0 saturated carbocycles. The van der Waals surface area contributed by atoms with E-state index >= 15 is 0 Å². The average Bonchev–Trinajstić information content (AvgIpc) is 2.52. The van der Waals surface area contributed by atoms with Crippen molar-refractivity contribution in [1.82, 2.24) is 15.1 Å². The molecule has 0 spiro atoms. The molecule has 1 aliphatic heterocycles. The highest BCUT2D eigenvalue weighted by molar-refractivity contribution is 6.35. The molecule has 0 radical (unpaired) electrons. The maximum Gasteiger partial charge on any atom is 0.410 e. The number of halogens is 2. The number of hydrogen-bond acceptors (Lipinski definition) is 4. The standard InChI is InChI=1S/C18H25Cl2N3O3/c1-18(2,3)26-17(25)23-8-6-22(7-9-23)5-4-21-16(24)13-10-14(19)12-15(20)11-13/h10-12H,4-9H2,1-3H3,(H,21,24). The first-order valence-corrected chi connectivity index (χ1v) is 9.34. The van der Waals surface area contributed by atoms with Gasteiger partial charge in [0, 0.05) is 54.9 Å². The van der Waals surface area contributed by atoms with Crippen molar-refractivity contribution in [3.63, 3.8) is 0 Å². The average molecular weight is 402 g/mol. The zero-order valence-electron chi connectivity index (χ0n) is 15.3. The number of nitrogens with one attached hydrogen (secondary N) is 1. The van der Waals surface area contributed by atoms with Crippen LogP contribution in [0.2, 0.25) is 10.0 Å². The molecule has 8 heteroatoms. The largest absolute Gasteiger partial charge is 0.444 e. The first-order chi connectivity index (χ1) is 12.1. The molecule has 1 aromatic carbocycles. The van der Waals surface area contributed by atoms with Crippen LogP contribution in [0, 0.1) is 0 Å². The fourth-order valence-corrected chi connectivity index (χ4v) is 3.12. The Balaban J connectivity index is 1.72. The van der Waals surface area contributed by atoms with E-state index in [2.05, 4.69) is 10.2 Å². The molecule has 0 atom stereocenters. The second-order valence-corrected chi connectivity index (χ2v) is 8.10. The van der Waals surface area contributed by atoms with Gasteiger partial charge in [-0.15, -0.1) is 0 Å². The van der Waals surface area contributed by atoms with E-state index < -0.39 is 5.60 Å². The number of rotatable bonds is 4. The molecule has 1 saturated heterocycles. The van der Waals surface area contributed by atoms with Crippen LogP contribution in [0.15, 0.2) is 18.2 Å². The maximum atomic E-state index is 12.1. The minimum Gasteiger partial charge on any atom is -0.444 e. The molecule has 1 heterocycles. The van der Waals surface area contributed by atoms with E-state index in [4.69, 9.17) is 27.9 Å². The quantitative estimate of drug-likeness (QED) is 0.840. The normalized spacial score (nSPS) is 15.7. The molecule has 0 unspecified atom stereocenters. The van der Waals surface area contributed by atoms with Crippen molar-refractivity contribution in [2.75, 3.05) is 39.3 Å². The van der Waals surface area contributed by atoms with Gasteiger partial charge in [0.15, 0.2) is 0 Å². The van der Waals surface area contributed by atoms with Crippen LogP contribution in [0.1, 0.15) is 31.1 Å². The number of ether oxygens (including phenoxy) is 1. The molecule has 0 aromatic heterocycles. The fourth-order valence-electron chi connectivity index (χ4n) is 2.60. The number of amides is 2. The molecule has 2 rings (SSSR count). The Bertz CT molecular complexity index is 633. The zero-order valence-corrected chi connectivity index (χ0v) is 16.9. The Morgan fingerprint density at radius 1 is 1.08 bits per heavy atom. The lowest BCUT2D eigenvalue weighted by atomic mass is 10.2. The molecule has 144 valence electrons. The van der Waals surface area contributed by atoms with E-state index in [-0.39, 0.29) is 12.0 Å². The third kappa shape index (κ3) is 6.67. The van der Waals surface area contributed by atoms with Gasteiger partial charge in [0.25, 0.3) is 5.91 Å². The Morgan fingerprint density at radius 3 is 2.19 bits per heavy atom. The van der Waals surface area contributed by atoms with Crippen molar-refractivity contribution in [1.29, 1.82) is 0 Å². The summed E-state index contributed by atoms with van der Waals surface area (Å²) >= 11 is 11.8. The molecule has 26 heavy (non-hydrogen) atoms. The van der Waals surface area contributed by atoms with E-state index in [0.717, 1.165) is 13.1 Å². The second kappa shape index (κ2) is 8.93. The predicted octanol–water partition coefficient (Wildman–Crippen LogP) is 3.28. The van der Waals surface area contributed by atoms with Crippen LogP contribution in [0.25, 0.3) is 0 Å². The van der Waals surface area contributed by atoms with E-state index in [1.807, 2.05) is 20.8 Å². The van der Waals surface area contributed by atoms with Gasteiger partial charge in [0.2, 0.25) is 0 Å². The van der Waals surface area contributed by atoms with Crippen molar-refractivity contribution in [3.05, 3.63) is 33.8 Å². The van der Waals surface area contributed by atoms with Gasteiger partial charge in [-0.3, -0.25) is 9.69 Å². The van der Waals surface area contributed by atoms with E-state index in [0.29, 0.717) is 41.8 Å². The summed E-state index contributed by atoms with van der Waals surface area (Å²) in [6.45, 7) is 9.53. The van der Waals surface area contributed by atoms with Crippen molar-refractivity contribution >= 4 is 35.2 Å². The summed E-state index contributed by atoms with van der Waals surface area (Å²) in [5.41, 5.74) is -0.0425. The number of carbonyl (C=O) groups excluding carboxylic acids is 2. The highest BCUT2D eigenvalue weighted by Crippen LogP contribution is 2.19. The monoisotopic (exact) mass is 401 g/mol.